The molecule has 0 radical (unpaired) electrons. The molecule has 0 aliphatic heterocycles. The third-order valence-corrected chi connectivity index (χ3v) is 2.74. The van der Waals surface area contributed by atoms with E-state index in [9.17, 15) is 0 Å². The molecule has 1 rings (SSSR count). The molecule has 0 aliphatic rings. The first-order valence-electron chi connectivity index (χ1n) is 7.12. The fraction of sp³-hybridized carbons (Fsp3) is 0.714. The Balaban J connectivity index is 2.58. The lowest BCUT2D eigenvalue weighted by Crippen LogP contribution is -2.27. The first-order valence-corrected chi connectivity index (χ1v) is 7.12. The van der Waals surface area contributed by atoms with Crippen LogP contribution >= 0.6 is 0 Å². The van der Waals surface area contributed by atoms with Crippen LogP contribution in [0, 0.1) is 0 Å². The molecule has 0 saturated heterocycles. The molecule has 19 heavy (non-hydrogen) atoms. The summed E-state index contributed by atoms with van der Waals surface area (Å²) >= 11 is 0. The third-order valence-electron chi connectivity index (χ3n) is 2.74. The van der Waals surface area contributed by atoms with Crippen LogP contribution in [0.25, 0.3) is 0 Å². The molecule has 0 unspecified atom stereocenters. The van der Waals surface area contributed by atoms with Crippen molar-refractivity contribution in [2.45, 2.75) is 33.1 Å². The average Bonchev–Trinajstić information content (AvgIpc) is 2.44. The second-order valence-electron chi connectivity index (χ2n) is 4.50. The van der Waals surface area contributed by atoms with E-state index in [0.29, 0.717) is 0 Å². The van der Waals surface area contributed by atoms with Gasteiger partial charge in [0.1, 0.15) is 5.82 Å². The monoisotopic (exact) mass is 266 g/mol. The van der Waals surface area contributed by atoms with E-state index < -0.39 is 0 Å². The van der Waals surface area contributed by atoms with Crippen molar-refractivity contribution < 1.29 is 4.74 Å². The number of methoxy groups -OCH3 is 1. The fourth-order valence-corrected chi connectivity index (χ4v) is 1.88. The summed E-state index contributed by atoms with van der Waals surface area (Å²) in [5.74, 6) is 1.71. The molecular formula is C14H26N4O. The van der Waals surface area contributed by atoms with Gasteiger partial charge in [0.2, 0.25) is 5.95 Å². The van der Waals surface area contributed by atoms with E-state index in [1.165, 1.54) is 0 Å². The van der Waals surface area contributed by atoms with Crippen LogP contribution < -0.4 is 10.2 Å². The molecule has 0 bridgehead atoms. The molecule has 5 heteroatoms. The van der Waals surface area contributed by atoms with Crippen molar-refractivity contribution in [3.05, 3.63) is 12.3 Å². The third kappa shape index (κ3) is 5.87. The summed E-state index contributed by atoms with van der Waals surface area (Å²) in [5, 5.41) is 3.30. The maximum absolute atomic E-state index is 5.02. The summed E-state index contributed by atoms with van der Waals surface area (Å²) in [5.41, 5.74) is 0. The normalized spacial score (nSPS) is 10.5. The maximum Gasteiger partial charge on any atom is 0.227 e. The van der Waals surface area contributed by atoms with Crippen LogP contribution in [0.3, 0.4) is 0 Å². The molecule has 1 aromatic heterocycles. The van der Waals surface area contributed by atoms with Gasteiger partial charge in [-0.15, -0.1) is 0 Å². The van der Waals surface area contributed by atoms with Gasteiger partial charge in [-0.25, -0.2) is 4.98 Å². The predicted octanol–water partition coefficient (Wildman–Crippen LogP) is 2.55. The van der Waals surface area contributed by atoms with Crippen molar-refractivity contribution in [3.63, 3.8) is 0 Å². The van der Waals surface area contributed by atoms with Crippen LogP contribution in [0.4, 0.5) is 11.8 Å². The summed E-state index contributed by atoms with van der Waals surface area (Å²) in [7, 11) is 1.72. The highest BCUT2D eigenvalue weighted by atomic mass is 16.5. The summed E-state index contributed by atoms with van der Waals surface area (Å²) < 4.78 is 5.02. The Morgan fingerprint density at radius 1 is 1.26 bits per heavy atom. The van der Waals surface area contributed by atoms with Crippen molar-refractivity contribution in [1.82, 2.24) is 9.97 Å². The quantitative estimate of drug-likeness (QED) is 0.660. The average molecular weight is 266 g/mol. The molecule has 1 aromatic rings. The maximum atomic E-state index is 5.02. The highest BCUT2D eigenvalue weighted by molar-refractivity contribution is 5.41. The van der Waals surface area contributed by atoms with Crippen LogP contribution in [0.2, 0.25) is 0 Å². The second-order valence-corrected chi connectivity index (χ2v) is 4.50. The van der Waals surface area contributed by atoms with Crippen molar-refractivity contribution in [2.75, 3.05) is 43.6 Å². The molecular weight excluding hydrogens is 240 g/mol. The molecule has 0 amide bonds. The van der Waals surface area contributed by atoms with Crippen LogP contribution in [-0.2, 0) is 4.74 Å². The Morgan fingerprint density at radius 2 is 2.00 bits per heavy atom. The van der Waals surface area contributed by atoms with Crippen molar-refractivity contribution in [2.24, 2.45) is 0 Å². The number of rotatable bonds is 10. The van der Waals surface area contributed by atoms with Gasteiger partial charge in [0, 0.05) is 39.5 Å². The first kappa shape index (κ1) is 15.7. The van der Waals surface area contributed by atoms with Crippen LogP contribution in [0.1, 0.15) is 33.1 Å². The Morgan fingerprint density at radius 3 is 2.63 bits per heavy atom. The molecule has 0 fully saturated rings. The molecule has 0 aliphatic carbocycles. The van der Waals surface area contributed by atoms with Gasteiger partial charge in [-0.2, -0.15) is 4.98 Å². The van der Waals surface area contributed by atoms with Crippen molar-refractivity contribution >= 4 is 11.8 Å². The zero-order chi connectivity index (χ0) is 13.9. The minimum atomic E-state index is 0.767. The van der Waals surface area contributed by atoms with Gasteiger partial charge < -0.3 is 15.0 Å². The number of aromatic nitrogens is 2. The van der Waals surface area contributed by atoms with Gasteiger partial charge >= 0.3 is 0 Å². The smallest absolute Gasteiger partial charge is 0.227 e. The van der Waals surface area contributed by atoms with Gasteiger partial charge in [-0.05, 0) is 25.3 Å². The lowest BCUT2D eigenvalue weighted by molar-refractivity contribution is 0.198. The molecule has 0 atom stereocenters. The standard InChI is InChI=1S/C14H26N4O/c1-4-10-18(11-5-2)14-16-9-7-13(17-14)15-8-6-12-19-3/h7,9H,4-6,8,10-12H2,1-3H3,(H,15,16,17). The van der Waals surface area contributed by atoms with E-state index in [1.54, 1.807) is 7.11 Å². The van der Waals surface area contributed by atoms with Crippen LogP contribution in [0.5, 0.6) is 0 Å². The van der Waals surface area contributed by atoms with E-state index in [1.807, 2.05) is 12.3 Å². The van der Waals surface area contributed by atoms with Gasteiger partial charge in [0.15, 0.2) is 0 Å². The van der Waals surface area contributed by atoms with Gasteiger partial charge in [0.25, 0.3) is 0 Å². The molecule has 0 saturated carbocycles. The zero-order valence-corrected chi connectivity index (χ0v) is 12.4. The van der Waals surface area contributed by atoms with Crippen molar-refractivity contribution in [1.29, 1.82) is 0 Å². The zero-order valence-electron chi connectivity index (χ0n) is 12.4. The van der Waals surface area contributed by atoms with Crippen LogP contribution in [0.15, 0.2) is 12.3 Å². The Kier molecular flexibility index (Phi) is 7.89. The van der Waals surface area contributed by atoms with E-state index in [0.717, 1.165) is 57.3 Å². The van der Waals surface area contributed by atoms with Crippen molar-refractivity contribution in [3.8, 4) is 0 Å². The second kappa shape index (κ2) is 9.55. The molecule has 0 spiro atoms. The minimum Gasteiger partial charge on any atom is -0.385 e. The number of hydrogen-bond donors (Lipinski definition) is 1. The number of anilines is 2. The number of nitrogens with one attached hydrogen (secondary N) is 1. The number of hydrogen-bond acceptors (Lipinski definition) is 5. The van der Waals surface area contributed by atoms with Gasteiger partial charge in [-0.3, -0.25) is 0 Å². The lowest BCUT2D eigenvalue weighted by Gasteiger charge is -2.21. The minimum absolute atomic E-state index is 0.767. The Hall–Kier alpha value is -1.36. The summed E-state index contributed by atoms with van der Waals surface area (Å²) in [4.78, 5) is 11.2. The lowest BCUT2D eigenvalue weighted by atomic mass is 10.3. The Labute approximate surface area is 116 Å². The highest BCUT2D eigenvalue weighted by Gasteiger charge is 2.07. The molecule has 1 N–H and O–H groups in total. The fourth-order valence-electron chi connectivity index (χ4n) is 1.88. The van der Waals surface area contributed by atoms with E-state index in [4.69, 9.17) is 4.74 Å². The summed E-state index contributed by atoms with van der Waals surface area (Å²) in [6, 6.07) is 1.91. The SMILES string of the molecule is CCCN(CCC)c1nccc(NCCCOC)n1. The van der Waals surface area contributed by atoms with E-state index >= 15 is 0 Å². The van der Waals surface area contributed by atoms with Gasteiger partial charge in [-0.1, -0.05) is 13.8 Å². The summed E-state index contributed by atoms with van der Waals surface area (Å²) in [6.45, 7) is 7.99. The number of nitrogens with zero attached hydrogens (tertiary/aromatic N) is 3. The van der Waals surface area contributed by atoms with Crippen LogP contribution in [-0.4, -0.2) is 43.3 Å². The Bertz CT molecular complexity index is 340. The highest BCUT2D eigenvalue weighted by Crippen LogP contribution is 2.11. The van der Waals surface area contributed by atoms with E-state index in [-0.39, 0.29) is 0 Å². The number of ether oxygens (including phenoxy) is 1. The molecule has 5 nitrogen and oxygen atoms in total. The molecule has 0 aromatic carbocycles. The predicted molar refractivity (Wildman–Crippen MR) is 79.8 cm³/mol. The topological polar surface area (TPSA) is 50.3 Å². The van der Waals surface area contributed by atoms with Gasteiger partial charge in [0.05, 0.1) is 0 Å². The van der Waals surface area contributed by atoms with E-state index in [2.05, 4.69) is 34.0 Å². The molecule has 1 heterocycles. The first-order chi connectivity index (χ1) is 9.31. The summed E-state index contributed by atoms with van der Waals surface area (Å²) in [6.07, 6.45) is 5.01. The largest absolute Gasteiger partial charge is 0.385 e. The molecule has 108 valence electrons.